The van der Waals surface area contributed by atoms with Gasteiger partial charge < -0.3 is 14.7 Å². The Morgan fingerprint density at radius 3 is 2.55 bits per heavy atom. The fourth-order valence-electron chi connectivity index (χ4n) is 2.79. The Labute approximate surface area is 119 Å². The number of carbonyl (C=O) groups excluding carboxylic acids is 1. The summed E-state index contributed by atoms with van der Waals surface area (Å²) >= 11 is 0. The number of rotatable bonds is 7. The van der Waals surface area contributed by atoms with E-state index in [9.17, 15) is 14.7 Å². The van der Waals surface area contributed by atoms with Crippen LogP contribution >= 0.6 is 0 Å². The molecular weight excluding hydrogens is 260 g/mol. The highest BCUT2D eigenvalue weighted by molar-refractivity contribution is 5.85. The molecule has 3 atom stereocenters. The standard InChI is InChI=1S/C14H22N2O4/c1-10-8-11(12(9-10)14(18)19)13(17)16(5-3-4-15)6-7-20-2/h10-12H,3,5-9H2,1-2H3,(H,18,19). The van der Waals surface area contributed by atoms with E-state index in [1.807, 2.05) is 13.0 Å². The molecule has 0 aromatic heterocycles. The molecule has 0 spiro atoms. The fourth-order valence-corrected chi connectivity index (χ4v) is 2.79. The van der Waals surface area contributed by atoms with Crippen molar-refractivity contribution in [2.75, 3.05) is 26.8 Å². The van der Waals surface area contributed by atoms with Gasteiger partial charge in [0.25, 0.3) is 0 Å². The third-order valence-electron chi connectivity index (χ3n) is 3.80. The quantitative estimate of drug-likeness (QED) is 0.755. The van der Waals surface area contributed by atoms with Crippen LogP contribution in [0.3, 0.4) is 0 Å². The molecule has 1 N–H and O–H groups in total. The second kappa shape index (κ2) is 7.85. The molecule has 20 heavy (non-hydrogen) atoms. The van der Waals surface area contributed by atoms with E-state index in [4.69, 9.17) is 10.00 Å². The van der Waals surface area contributed by atoms with E-state index in [1.165, 1.54) is 0 Å². The number of nitriles is 1. The summed E-state index contributed by atoms with van der Waals surface area (Å²) in [5, 5.41) is 17.9. The van der Waals surface area contributed by atoms with Gasteiger partial charge in [0.1, 0.15) is 0 Å². The van der Waals surface area contributed by atoms with Crippen LogP contribution in [0.25, 0.3) is 0 Å². The van der Waals surface area contributed by atoms with Crippen molar-refractivity contribution >= 4 is 11.9 Å². The number of carboxylic acids is 1. The number of aliphatic carboxylic acids is 1. The van der Waals surface area contributed by atoms with E-state index in [0.29, 0.717) is 32.5 Å². The zero-order valence-corrected chi connectivity index (χ0v) is 12.0. The predicted molar refractivity (Wildman–Crippen MR) is 71.7 cm³/mol. The molecular formula is C14H22N2O4. The van der Waals surface area contributed by atoms with Gasteiger partial charge in [0.2, 0.25) is 5.91 Å². The molecule has 0 aromatic carbocycles. The van der Waals surface area contributed by atoms with Crippen molar-refractivity contribution in [2.45, 2.75) is 26.2 Å². The average Bonchev–Trinajstić information content (AvgIpc) is 2.80. The van der Waals surface area contributed by atoms with Gasteiger partial charge >= 0.3 is 5.97 Å². The highest BCUT2D eigenvalue weighted by Gasteiger charge is 2.42. The Morgan fingerprint density at radius 2 is 2.00 bits per heavy atom. The van der Waals surface area contributed by atoms with E-state index in [1.54, 1.807) is 12.0 Å². The Hall–Kier alpha value is -1.61. The van der Waals surface area contributed by atoms with Crippen LogP contribution in [-0.2, 0) is 14.3 Å². The molecule has 0 heterocycles. The van der Waals surface area contributed by atoms with Gasteiger partial charge in [0.05, 0.1) is 30.9 Å². The summed E-state index contributed by atoms with van der Waals surface area (Å²) in [7, 11) is 1.55. The highest BCUT2D eigenvalue weighted by atomic mass is 16.5. The van der Waals surface area contributed by atoms with Crippen LogP contribution < -0.4 is 0 Å². The molecule has 1 aliphatic carbocycles. The maximum atomic E-state index is 12.5. The Kier molecular flexibility index (Phi) is 6.46. The van der Waals surface area contributed by atoms with E-state index in [0.717, 1.165) is 0 Å². The largest absolute Gasteiger partial charge is 0.481 e. The van der Waals surface area contributed by atoms with Crippen LogP contribution in [0, 0.1) is 29.1 Å². The summed E-state index contributed by atoms with van der Waals surface area (Å²) in [6.45, 7) is 3.08. The number of methoxy groups -OCH3 is 1. The highest BCUT2D eigenvalue weighted by Crippen LogP contribution is 2.37. The Balaban J connectivity index is 2.76. The molecule has 6 nitrogen and oxygen atoms in total. The lowest BCUT2D eigenvalue weighted by Crippen LogP contribution is -2.41. The minimum atomic E-state index is -0.903. The monoisotopic (exact) mass is 282 g/mol. The topological polar surface area (TPSA) is 90.6 Å². The minimum absolute atomic E-state index is 0.158. The smallest absolute Gasteiger partial charge is 0.307 e. The predicted octanol–water partition coefficient (Wildman–Crippen LogP) is 1.12. The van der Waals surface area contributed by atoms with Crippen molar-refractivity contribution < 1.29 is 19.4 Å². The van der Waals surface area contributed by atoms with Crippen molar-refractivity contribution in [2.24, 2.45) is 17.8 Å². The number of hydrogen-bond donors (Lipinski definition) is 1. The summed E-state index contributed by atoms with van der Waals surface area (Å²) < 4.78 is 4.97. The molecule has 1 saturated carbocycles. The average molecular weight is 282 g/mol. The van der Waals surface area contributed by atoms with E-state index >= 15 is 0 Å². The van der Waals surface area contributed by atoms with Gasteiger partial charge in [-0.25, -0.2) is 0 Å². The number of ether oxygens (including phenoxy) is 1. The number of carbonyl (C=O) groups is 2. The summed E-state index contributed by atoms with van der Waals surface area (Å²) in [4.78, 5) is 25.3. The summed E-state index contributed by atoms with van der Waals surface area (Å²) in [6, 6.07) is 2.01. The number of amides is 1. The zero-order valence-electron chi connectivity index (χ0n) is 12.0. The zero-order chi connectivity index (χ0) is 15.1. The normalized spacial score (nSPS) is 25.1. The molecule has 0 radical (unpaired) electrons. The van der Waals surface area contributed by atoms with E-state index < -0.39 is 17.8 Å². The molecule has 0 aliphatic heterocycles. The van der Waals surface area contributed by atoms with Gasteiger partial charge in [0.15, 0.2) is 0 Å². The molecule has 112 valence electrons. The Morgan fingerprint density at radius 1 is 1.35 bits per heavy atom. The molecule has 1 aliphatic rings. The van der Waals surface area contributed by atoms with Crippen LogP contribution in [0.1, 0.15) is 26.2 Å². The summed E-state index contributed by atoms with van der Waals surface area (Å²) in [6.07, 6.45) is 1.39. The second-order valence-electron chi connectivity index (χ2n) is 5.35. The van der Waals surface area contributed by atoms with Crippen molar-refractivity contribution in [3.63, 3.8) is 0 Å². The van der Waals surface area contributed by atoms with Gasteiger partial charge in [-0.2, -0.15) is 5.26 Å². The lowest BCUT2D eigenvalue weighted by molar-refractivity contribution is -0.149. The molecule has 1 rings (SSSR count). The van der Waals surface area contributed by atoms with Crippen LogP contribution in [0.2, 0.25) is 0 Å². The van der Waals surface area contributed by atoms with Crippen molar-refractivity contribution in [1.82, 2.24) is 4.90 Å². The van der Waals surface area contributed by atoms with Crippen LogP contribution in [-0.4, -0.2) is 48.7 Å². The maximum Gasteiger partial charge on any atom is 0.307 e. The van der Waals surface area contributed by atoms with Crippen LogP contribution in [0.4, 0.5) is 0 Å². The molecule has 0 bridgehead atoms. The third-order valence-corrected chi connectivity index (χ3v) is 3.80. The van der Waals surface area contributed by atoms with Crippen molar-refractivity contribution in [3.05, 3.63) is 0 Å². The van der Waals surface area contributed by atoms with Gasteiger partial charge in [0, 0.05) is 20.2 Å². The van der Waals surface area contributed by atoms with Crippen molar-refractivity contribution in [1.29, 1.82) is 5.26 Å². The fraction of sp³-hybridized carbons (Fsp3) is 0.786. The number of nitrogens with zero attached hydrogens (tertiary/aromatic N) is 2. The first-order valence-corrected chi connectivity index (χ1v) is 6.88. The molecule has 1 fully saturated rings. The molecule has 3 unspecified atom stereocenters. The molecule has 0 aromatic rings. The van der Waals surface area contributed by atoms with Crippen LogP contribution in [0.15, 0.2) is 0 Å². The summed E-state index contributed by atoms with van der Waals surface area (Å²) in [5.74, 6) is -1.90. The maximum absolute atomic E-state index is 12.5. The number of carboxylic acid groups (broad SMARTS) is 1. The van der Waals surface area contributed by atoms with Gasteiger partial charge in [-0.05, 0) is 18.8 Å². The van der Waals surface area contributed by atoms with Crippen molar-refractivity contribution in [3.8, 4) is 6.07 Å². The number of hydrogen-bond acceptors (Lipinski definition) is 4. The summed E-state index contributed by atoms with van der Waals surface area (Å²) in [5.41, 5.74) is 0. The lowest BCUT2D eigenvalue weighted by Gasteiger charge is -2.26. The van der Waals surface area contributed by atoms with E-state index in [2.05, 4.69) is 0 Å². The lowest BCUT2D eigenvalue weighted by atomic mass is 9.94. The second-order valence-corrected chi connectivity index (χ2v) is 5.35. The third kappa shape index (κ3) is 4.20. The Bertz CT molecular complexity index is 391. The molecule has 1 amide bonds. The first-order chi connectivity index (χ1) is 9.51. The van der Waals surface area contributed by atoms with Gasteiger partial charge in [-0.1, -0.05) is 6.92 Å². The van der Waals surface area contributed by atoms with Gasteiger partial charge in [-0.3, -0.25) is 9.59 Å². The molecule has 0 saturated heterocycles. The van der Waals surface area contributed by atoms with Gasteiger partial charge in [-0.15, -0.1) is 0 Å². The van der Waals surface area contributed by atoms with E-state index in [-0.39, 0.29) is 18.2 Å². The molecule has 6 heteroatoms. The SMILES string of the molecule is COCCN(CCC#N)C(=O)C1CC(C)CC1C(=O)O. The first kappa shape index (κ1) is 16.4. The van der Waals surface area contributed by atoms with Crippen LogP contribution in [0.5, 0.6) is 0 Å². The minimum Gasteiger partial charge on any atom is -0.481 e. The first-order valence-electron chi connectivity index (χ1n) is 6.88.